The molecule has 8 nitrogen and oxygen atoms in total. The van der Waals surface area contributed by atoms with Crippen molar-refractivity contribution in [1.29, 1.82) is 0 Å². The fourth-order valence-corrected chi connectivity index (χ4v) is 1.23. The zero-order valence-corrected chi connectivity index (χ0v) is 9.25. The standard InChI is InChI=1S/C10H10N2O6/c13-8(11-6-1-2-6)5-17-10(14)7-3-4-9(18-7)12(15)16/h3-4,6H,1-2,5H2,(H,11,13). The summed E-state index contributed by atoms with van der Waals surface area (Å²) < 4.78 is 9.27. The van der Waals surface area contributed by atoms with Crippen molar-refractivity contribution < 1.29 is 23.7 Å². The Kier molecular flexibility index (Phi) is 3.26. The molecule has 0 unspecified atom stereocenters. The molecule has 0 radical (unpaired) electrons. The molecule has 1 N–H and O–H groups in total. The molecule has 1 aliphatic carbocycles. The molecule has 1 saturated carbocycles. The van der Waals surface area contributed by atoms with Crippen LogP contribution in [0.1, 0.15) is 23.4 Å². The third kappa shape index (κ3) is 3.06. The van der Waals surface area contributed by atoms with E-state index in [0.29, 0.717) is 0 Å². The number of furan rings is 1. The maximum Gasteiger partial charge on any atom is 0.433 e. The summed E-state index contributed by atoms with van der Waals surface area (Å²) in [5.41, 5.74) is 0. The zero-order chi connectivity index (χ0) is 13.1. The molecular weight excluding hydrogens is 244 g/mol. The average molecular weight is 254 g/mol. The molecule has 96 valence electrons. The summed E-state index contributed by atoms with van der Waals surface area (Å²) in [6.45, 7) is -0.427. The minimum absolute atomic E-state index is 0.181. The van der Waals surface area contributed by atoms with Gasteiger partial charge in [-0.2, -0.15) is 0 Å². The van der Waals surface area contributed by atoms with Crippen molar-refractivity contribution in [2.75, 3.05) is 6.61 Å². The first-order valence-corrected chi connectivity index (χ1v) is 5.27. The first-order valence-electron chi connectivity index (χ1n) is 5.27. The van der Waals surface area contributed by atoms with Gasteiger partial charge < -0.3 is 14.5 Å². The number of rotatable bonds is 5. The van der Waals surface area contributed by atoms with E-state index in [0.717, 1.165) is 25.0 Å². The lowest BCUT2D eigenvalue weighted by Crippen LogP contribution is -2.30. The van der Waals surface area contributed by atoms with Crippen molar-refractivity contribution in [1.82, 2.24) is 5.32 Å². The van der Waals surface area contributed by atoms with E-state index < -0.39 is 29.3 Å². The number of hydrogen-bond donors (Lipinski definition) is 1. The third-order valence-electron chi connectivity index (χ3n) is 2.25. The molecule has 0 spiro atoms. The predicted molar refractivity (Wildman–Crippen MR) is 56.8 cm³/mol. The fraction of sp³-hybridized carbons (Fsp3) is 0.400. The lowest BCUT2D eigenvalue weighted by atomic mass is 10.4. The van der Waals surface area contributed by atoms with E-state index >= 15 is 0 Å². The maximum absolute atomic E-state index is 11.4. The largest absolute Gasteiger partial charge is 0.450 e. The van der Waals surface area contributed by atoms with Gasteiger partial charge in [-0.25, -0.2) is 4.79 Å². The van der Waals surface area contributed by atoms with Gasteiger partial charge in [-0.3, -0.25) is 14.9 Å². The lowest BCUT2D eigenvalue weighted by molar-refractivity contribution is -0.402. The molecule has 1 amide bonds. The summed E-state index contributed by atoms with van der Waals surface area (Å²) in [5.74, 6) is -2.16. The van der Waals surface area contributed by atoms with Gasteiger partial charge in [0.2, 0.25) is 5.76 Å². The highest BCUT2D eigenvalue weighted by atomic mass is 16.7. The molecule has 0 atom stereocenters. The van der Waals surface area contributed by atoms with E-state index in [1.807, 2.05) is 0 Å². The van der Waals surface area contributed by atoms with E-state index in [1.54, 1.807) is 0 Å². The molecule has 1 fully saturated rings. The van der Waals surface area contributed by atoms with E-state index in [-0.39, 0.29) is 11.8 Å². The summed E-state index contributed by atoms with van der Waals surface area (Å²) in [4.78, 5) is 32.1. The van der Waals surface area contributed by atoms with Crippen molar-refractivity contribution in [3.8, 4) is 0 Å². The van der Waals surface area contributed by atoms with Crippen LogP contribution in [0.25, 0.3) is 0 Å². The molecule has 18 heavy (non-hydrogen) atoms. The zero-order valence-electron chi connectivity index (χ0n) is 9.25. The Morgan fingerprint density at radius 1 is 1.50 bits per heavy atom. The molecule has 1 aliphatic rings. The normalized spacial score (nSPS) is 14.0. The molecule has 0 bridgehead atoms. The number of nitro groups is 1. The second-order valence-corrected chi connectivity index (χ2v) is 3.81. The molecular formula is C10H10N2O6. The van der Waals surface area contributed by atoms with Crippen LogP contribution < -0.4 is 5.32 Å². The second kappa shape index (κ2) is 4.86. The number of amides is 1. The number of hydrogen-bond acceptors (Lipinski definition) is 6. The molecule has 0 saturated heterocycles. The first-order chi connectivity index (χ1) is 8.56. The molecule has 0 aromatic carbocycles. The second-order valence-electron chi connectivity index (χ2n) is 3.81. The van der Waals surface area contributed by atoms with Crippen LogP contribution in [0.15, 0.2) is 16.5 Å². The smallest absolute Gasteiger partial charge is 0.433 e. The number of ether oxygens (including phenoxy) is 1. The van der Waals surface area contributed by atoms with Gasteiger partial charge in [0.25, 0.3) is 5.91 Å². The van der Waals surface area contributed by atoms with Gasteiger partial charge in [0.05, 0.1) is 6.07 Å². The number of carbonyl (C=O) groups excluding carboxylic acids is 2. The fourth-order valence-electron chi connectivity index (χ4n) is 1.23. The average Bonchev–Trinajstić information content (AvgIpc) is 2.98. The SMILES string of the molecule is O=C(COC(=O)c1ccc([N+](=O)[O-])o1)NC1CC1. The van der Waals surface area contributed by atoms with Crippen LogP contribution in [-0.4, -0.2) is 29.4 Å². The highest BCUT2D eigenvalue weighted by Gasteiger charge is 2.24. The van der Waals surface area contributed by atoms with E-state index in [2.05, 4.69) is 14.5 Å². The maximum atomic E-state index is 11.4. The highest BCUT2D eigenvalue weighted by molar-refractivity contribution is 5.89. The van der Waals surface area contributed by atoms with Crippen molar-refractivity contribution >= 4 is 17.8 Å². The van der Waals surface area contributed by atoms with Crippen LogP contribution in [-0.2, 0) is 9.53 Å². The number of nitrogens with one attached hydrogen (secondary N) is 1. The Balaban J connectivity index is 1.82. The van der Waals surface area contributed by atoms with Crippen LogP contribution in [0.5, 0.6) is 0 Å². The van der Waals surface area contributed by atoms with Crippen LogP contribution in [0.2, 0.25) is 0 Å². The summed E-state index contributed by atoms with van der Waals surface area (Å²) in [7, 11) is 0. The summed E-state index contributed by atoms with van der Waals surface area (Å²) in [5, 5.41) is 13.0. The van der Waals surface area contributed by atoms with Gasteiger partial charge in [-0.05, 0) is 18.9 Å². The van der Waals surface area contributed by atoms with Crippen molar-refractivity contribution in [2.24, 2.45) is 0 Å². The molecule has 1 aromatic heterocycles. The van der Waals surface area contributed by atoms with E-state index in [4.69, 9.17) is 0 Å². The monoisotopic (exact) mass is 254 g/mol. The third-order valence-corrected chi connectivity index (χ3v) is 2.25. The Labute approximate surface area is 101 Å². The minimum Gasteiger partial charge on any atom is -0.450 e. The number of carbonyl (C=O) groups is 2. The summed E-state index contributed by atoms with van der Waals surface area (Å²) in [6.07, 6.45) is 1.87. The Bertz CT molecular complexity index is 490. The predicted octanol–water partition coefficient (Wildman–Crippen LogP) is 0.623. The Morgan fingerprint density at radius 3 is 2.78 bits per heavy atom. The van der Waals surface area contributed by atoms with Crippen molar-refractivity contribution in [3.63, 3.8) is 0 Å². The minimum atomic E-state index is -0.908. The van der Waals surface area contributed by atoms with Crippen molar-refractivity contribution in [3.05, 3.63) is 28.0 Å². The molecule has 1 heterocycles. The number of esters is 1. The van der Waals surface area contributed by atoms with Gasteiger partial charge >= 0.3 is 11.9 Å². The van der Waals surface area contributed by atoms with Crippen LogP contribution in [0, 0.1) is 10.1 Å². The van der Waals surface area contributed by atoms with Gasteiger partial charge in [-0.15, -0.1) is 0 Å². The lowest BCUT2D eigenvalue weighted by Gasteiger charge is -2.03. The molecule has 1 aromatic rings. The van der Waals surface area contributed by atoms with E-state index in [1.165, 1.54) is 0 Å². The summed E-state index contributed by atoms with van der Waals surface area (Å²) >= 11 is 0. The molecule has 2 rings (SSSR count). The number of nitrogens with zero attached hydrogens (tertiary/aromatic N) is 1. The van der Waals surface area contributed by atoms with Gasteiger partial charge in [0.15, 0.2) is 6.61 Å². The Morgan fingerprint density at radius 2 is 2.22 bits per heavy atom. The quantitative estimate of drug-likeness (QED) is 0.468. The topological polar surface area (TPSA) is 112 Å². The van der Waals surface area contributed by atoms with Gasteiger partial charge in [-0.1, -0.05) is 0 Å². The van der Waals surface area contributed by atoms with Gasteiger partial charge in [0.1, 0.15) is 4.92 Å². The van der Waals surface area contributed by atoms with E-state index in [9.17, 15) is 19.7 Å². The van der Waals surface area contributed by atoms with Gasteiger partial charge in [0, 0.05) is 6.04 Å². The first kappa shape index (κ1) is 12.1. The highest BCUT2D eigenvalue weighted by Crippen LogP contribution is 2.18. The molecule has 0 aliphatic heterocycles. The van der Waals surface area contributed by atoms with Crippen LogP contribution >= 0.6 is 0 Å². The van der Waals surface area contributed by atoms with Crippen LogP contribution in [0.3, 0.4) is 0 Å². The Hall–Kier alpha value is -2.38. The molecule has 8 heteroatoms. The van der Waals surface area contributed by atoms with Crippen molar-refractivity contribution in [2.45, 2.75) is 18.9 Å². The summed E-state index contributed by atoms with van der Waals surface area (Å²) in [6, 6.07) is 2.35. The van der Waals surface area contributed by atoms with Crippen LogP contribution in [0.4, 0.5) is 5.88 Å².